The van der Waals surface area contributed by atoms with E-state index in [1.165, 1.54) is 11.9 Å². The number of carbonyl (C=O) groups is 1. The van der Waals surface area contributed by atoms with Crippen LogP contribution in [-0.2, 0) is 11.3 Å². The van der Waals surface area contributed by atoms with Gasteiger partial charge in [-0.05, 0) is 18.2 Å². The SMILES string of the molecule is C=CCn1nc2ccc(C(=O)OC)cc2n1. The lowest BCUT2D eigenvalue weighted by molar-refractivity contribution is 0.0601. The Morgan fingerprint density at radius 2 is 2.25 bits per heavy atom. The summed E-state index contributed by atoms with van der Waals surface area (Å²) in [6.07, 6.45) is 1.71. The highest BCUT2D eigenvalue weighted by atomic mass is 16.5. The van der Waals surface area contributed by atoms with Gasteiger partial charge in [0.25, 0.3) is 0 Å². The van der Waals surface area contributed by atoms with E-state index in [0.717, 1.165) is 5.52 Å². The van der Waals surface area contributed by atoms with Crippen LogP contribution >= 0.6 is 0 Å². The van der Waals surface area contributed by atoms with E-state index in [-0.39, 0.29) is 5.97 Å². The van der Waals surface area contributed by atoms with E-state index >= 15 is 0 Å². The third-order valence-corrected chi connectivity index (χ3v) is 2.14. The molecule has 1 aromatic carbocycles. The van der Waals surface area contributed by atoms with Crippen molar-refractivity contribution >= 4 is 17.0 Å². The van der Waals surface area contributed by atoms with Gasteiger partial charge in [0.15, 0.2) is 0 Å². The van der Waals surface area contributed by atoms with Gasteiger partial charge < -0.3 is 4.74 Å². The summed E-state index contributed by atoms with van der Waals surface area (Å²) in [5.41, 5.74) is 1.89. The third kappa shape index (κ3) is 1.79. The van der Waals surface area contributed by atoms with Crippen molar-refractivity contribution in [2.75, 3.05) is 7.11 Å². The minimum absolute atomic E-state index is 0.375. The van der Waals surface area contributed by atoms with Gasteiger partial charge in [-0.3, -0.25) is 0 Å². The standard InChI is InChI=1S/C11H11N3O2/c1-3-6-14-12-9-5-4-8(11(15)16-2)7-10(9)13-14/h3-5,7H,1,6H2,2H3. The first-order valence-electron chi connectivity index (χ1n) is 4.78. The van der Waals surface area contributed by atoms with Gasteiger partial charge >= 0.3 is 5.97 Å². The molecule has 2 aromatic rings. The molecular weight excluding hydrogens is 206 g/mol. The Morgan fingerprint density at radius 1 is 1.50 bits per heavy atom. The molecule has 0 radical (unpaired) electrons. The summed E-state index contributed by atoms with van der Waals surface area (Å²) in [4.78, 5) is 12.8. The summed E-state index contributed by atoms with van der Waals surface area (Å²) in [5, 5.41) is 8.42. The van der Waals surface area contributed by atoms with Crippen molar-refractivity contribution in [3.8, 4) is 0 Å². The molecule has 0 saturated carbocycles. The molecule has 16 heavy (non-hydrogen) atoms. The quantitative estimate of drug-likeness (QED) is 0.576. The lowest BCUT2D eigenvalue weighted by atomic mass is 10.2. The molecule has 5 heteroatoms. The molecule has 0 unspecified atom stereocenters. The molecule has 82 valence electrons. The van der Waals surface area contributed by atoms with Gasteiger partial charge in [-0.2, -0.15) is 15.0 Å². The highest BCUT2D eigenvalue weighted by molar-refractivity contribution is 5.93. The largest absolute Gasteiger partial charge is 0.465 e. The average Bonchev–Trinajstić information content (AvgIpc) is 2.69. The molecule has 0 aliphatic carbocycles. The van der Waals surface area contributed by atoms with E-state index in [2.05, 4.69) is 21.5 Å². The second-order valence-electron chi connectivity index (χ2n) is 3.24. The lowest BCUT2D eigenvalue weighted by Crippen LogP contribution is -2.00. The predicted octanol–water partition coefficient (Wildman–Crippen LogP) is 1.40. The van der Waals surface area contributed by atoms with Crippen molar-refractivity contribution in [3.63, 3.8) is 0 Å². The summed E-state index contributed by atoms with van der Waals surface area (Å²) >= 11 is 0. The van der Waals surface area contributed by atoms with Crippen LogP contribution in [0.1, 0.15) is 10.4 Å². The number of fused-ring (bicyclic) bond motifs is 1. The maximum atomic E-state index is 11.3. The molecule has 2 rings (SSSR count). The molecule has 0 atom stereocenters. The lowest BCUT2D eigenvalue weighted by Gasteiger charge is -1.96. The first-order valence-corrected chi connectivity index (χ1v) is 4.78. The number of hydrogen-bond acceptors (Lipinski definition) is 4. The number of aromatic nitrogens is 3. The highest BCUT2D eigenvalue weighted by Gasteiger charge is 2.08. The summed E-state index contributed by atoms with van der Waals surface area (Å²) in [6.45, 7) is 4.15. The number of ether oxygens (including phenoxy) is 1. The minimum atomic E-state index is -0.375. The van der Waals surface area contributed by atoms with Crippen molar-refractivity contribution in [1.82, 2.24) is 15.0 Å². The zero-order valence-corrected chi connectivity index (χ0v) is 8.88. The summed E-state index contributed by atoms with van der Waals surface area (Å²) in [5.74, 6) is -0.375. The van der Waals surface area contributed by atoms with Gasteiger partial charge in [-0.15, -0.1) is 6.58 Å². The molecule has 0 amide bonds. The fraction of sp³-hybridized carbons (Fsp3) is 0.182. The minimum Gasteiger partial charge on any atom is -0.465 e. The van der Waals surface area contributed by atoms with Crippen molar-refractivity contribution < 1.29 is 9.53 Å². The predicted molar refractivity (Wildman–Crippen MR) is 59.1 cm³/mol. The van der Waals surface area contributed by atoms with Crippen LogP contribution in [0.15, 0.2) is 30.9 Å². The average molecular weight is 217 g/mol. The van der Waals surface area contributed by atoms with E-state index in [1.807, 2.05) is 0 Å². The second kappa shape index (κ2) is 4.14. The van der Waals surface area contributed by atoms with E-state index in [9.17, 15) is 4.79 Å². The maximum absolute atomic E-state index is 11.3. The Morgan fingerprint density at radius 3 is 2.94 bits per heavy atom. The monoisotopic (exact) mass is 217 g/mol. The van der Waals surface area contributed by atoms with Crippen LogP contribution in [0.25, 0.3) is 11.0 Å². The number of esters is 1. The Bertz CT molecular complexity index is 545. The summed E-state index contributed by atoms with van der Waals surface area (Å²) in [6, 6.07) is 5.07. The van der Waals surface area contributed by atoms with Crippen LogP contribution in [-0.4, -0.2) is 28.1 Å². The van der Waals surface area contributed by atoms with Gasteiger partial charge in [-0.25, -0.2) is 4.79 Å². The Hall–Kier alpha value is -2.17. The number of rotatable bonds is 3. The molecule has 1 heterocycles. The number of carbonyl (C=O) groups excluding carboxylic acids is 1. The van der Waals surface area contributed by atoms with Crippen LogP contribution in [0.3, 0.4) is 0 Å². The van der Waals surface area contributed by atoms with Crippen LogP contribution in [0.2, 0.25) is 0 Å². The topological polar surface area (TPSA) is 57.0 Å². The molecule has 1 aromatic heterocycles. The third-order valence-electron chi connectivity index (χ3n) is 2.14. The molecular formula is C11H11N3O2. The number of nitrogens with zero attached hydrogens (tertiary/aromatic N) is 3. The van der Waals surface area contributed by atoms with Crippen molar-refractivity contribution in [2.45, 2.75) is 6.54 Å². The maximum Gasteiger partial charge on any atom is 0.337 e. The molecule has 0 aliphatic heterocycles. The molecule has 0 spiro atoms. The highest BCUT2D eigenvalue weighted by Crippen LogP contribution is 2.12. The molecule has 0 saturated heterocycles. The Kier molecular flexibility index (Phi) is 2.68. The molecule has 5 nitrogen and oxygen atoms in total. The van der Waals surface area contributed by atoms with E-state index in [4.69, 9.17) is 0 Å². The Balaban J connectivity index is 2.45. The fourth-order valence-electron chi connectivity index (χ4n) is 1.40. The zero-order valence-electron chi connectivity index (χ0n) is 8.88. The number of methoxy groups -OCH3 is 1. The van der Waals surface area contributed by atoms with Gasteiger partial charge in [0.1, 0.15) is 11.0 Å². The fourth-order valence-corrected chi connectivity index (χ4v) is 1.40. The van der Waals surface area contributed by atoms with Crippen molar-refractivity contribution in [2.24, 2.45) is 0 Å². The first kappa shape index (κ1) is 10.4. The van der Waals surface area contributed by atoms with Crippen molar-refractivity contribution in [3.05, 3.63) is 36.4 Å². The normalized spacial score (nSPS) is 10.3. The summed E-state index contributed by atoms with van der Waals surface area (Å²) in [7, 11) is 1.35. The number of hydrogen-bond donors (Lipinski definition) is 0. The first-order chi connectivity index (χ1) is 7.74. The number of benzene rings is 1. The van der Waals surface area contributed by atoms with E-state index in [0.29, 0.717) is 17.6 Å². The molecule has 0 fully saturated rings. The smallest absolute Gasteiger partial charge is 0.337 e. The summed E-state index contributed by atoms with van der Waals surface area (Å²) < 4.78 is 4.63. The molecule has 0 N–H and O–H groups in total. The van der Waals surface area contributed by atoms with Crippen LogP contribution in [0.5, 0.6) is 0 Å². The molecule has 0 bridgehead atoms. The van der Waals surface area contributed by atoms with Gasteiger partial charge in [-0.1, -0.05) is 6.08 Å². The zero-order chi connectivity index (χ0) is 11.5. The van der Waals surface area contributed by atoms with Crippen LogP contribution < -0.4 is 0 Å². The Labute approximate surface area is 92.3 Å². The number of allylic oxidation sites excluding steroid dienone is 1. The van der Waals surface area contributed by atoms with Gasteiger partial charge in [0.05, 0.1) is 19.2 Å². The molecule has 0 aliphatic rings. The second-order valence-corrected chi connectivity index (χ2v) is 3.24. The van der Waals surface area contributed by atoms with E-state index < -0.39 is 0 Å². The van der Waals surface area contributed by atoms with E-state index in [1.54, 1.807) is 24.3 Å². The van der Waals surface area contributed by atoms with Crippen LogP contribution in [0.4, 0.5) is 0 Å². The van der Waals surface area contributed by atoms with Gasteiger partial charge in [0.2, 0.25) is 0 Å². The van der Waals surface area contributed by atoms with Crippen LogP contribution in [0, 0.1) is 0 Å². The van der Waals surface area contributed by atoms with Gasteiger partial charge in [0, 0.05) is 0 Å². The van der Waals surface area contributed by atoms with Crippen molar-refractivity contribution in [1.29, 1.82) is 0 Å².